The number of unbranched alkanes of at least 4 members (excludes halogenated alkanes) is 2. The molecule has 0 spiro atoms. The lowest BCUT2D eigenvalue weighted by atomic mass is 10.3. The first-order valence-electron chi connectivity index (χ1n) is 4.73. The van der Waals surface area contributed by atoms with Crippen molar-refractivity contribution >= 4 is 0 Å². The lowest BCUT2D eigenvalue weighted by Gasteiger charge is -2.04. The summed E-state index contributed by atoms with van der Waals surface area (Å²) < 4.78 is 5.39. The molecule has 0 aliphatic rings. The van der Waals surface area contributed by atoms with Crippen molar-refractivity contribution in [2.24, 2.45) is 0 Å². The second-order valence-corrected chi connectivity index (χ2v) is 3.03. The maximum atomic E-state index is 10.9. The zero-order valence-electron chi connectivity index (χ0n) is 7.95. The molecule has 2 nitrogen and oxygen atoms in total. The third-order valence-electron chi connectivity index (χ3n) is 1.82. The summed E-state index contributed by atoms with van der Waals surface area (Å²) >= 11 is 0. The Kier molecular flexibility index (Phi) is 4.16. The highest BCUT2D eigenvalue weighted by molar-refractivity contribution is 5.31. The fourth-order valence-electron chi connectivity index (χ4n) is 1.11. The third-order valence-corrected chi connectivity index (χ3v) is 1.82. The van der Waals surface area contributed by atoms with Gasteiger partial charge in [0.05, 0.1) is 6.61 Å². The van der Waals surface area contributed by atoms with Crippen LogP contribution in [-0.2, 0) is 5.11 Å². The molecule has 1 aromatic rings. The third kappa shape index (κ3) is 3.83. The van der Waals surface area contributed by atoms with E-state index in [0.29, 0.717) is 12.4 Å². The lowest BCUT2D eigenvalue weighted by Crippen LogP contribution is -1.96. The molecule has 0 unspecified atom stereocenters. The molecular weight excluding hydrogens is 164 g/mol. The topological polar surface area (TPSA) is 29.1 Å². The highest BCUT2D eigenvalue weighted by atomic mass is 16.5. The van der Waals surface area contributed by atoms with Crippen molar-refractivity contribution in [2.45, 2.75) is 26.2 Å². The van der Waals surface area contributed by atoms with E-state index in [4.69, 9.17) is 4.74 Å². The summed E-state index contributed by atoms with van der Waals surface area (Å²) in [7, 11) is 0. The number of rotatable bonds is 5. The summed E-state index contributed by atoms with van der Waals surface area (Å²) in [5.41, 5.74) is 0. The Morgan fingerprint density at radius 2 is 2.15 bits per heavy atom. The van der Waals surface area contributed by atoms with E-state index in [1.165, 1.54) is 25.0 Å². The molecule has 13 heavy (non-hydrogen) atoms. The zero-order valence-corrected chi connectivity index (χ0v) is 7.95. The molecule has 0 aromatic heterocycles. The van der Waals surface area contributed by atoms with Gasteiger partial charge >= 0.3 is 0 Å². The van der Waals surface area contributed by atoms with Gasteiger partial charge in [0, 0.05) is 6.07 Å². The van der Waals surface area contributed by atoms with Crippen LogP contribution in [0.2, 0.25) is 0 Å². The molecular formula is C11H15O2. The SMILES string of the molecule is CCCCCOc1cccc([O])c1. The van der Waals surface area contributed by atoms with Crippen molar-refractivity contribution in [3.63, 3.8) is 0 Å². The Hall–Kier alpha value is -1.18. The van der Waals surface area contributed by atoms with Crippen LogP contribution in [0.1, 0.15) is 26.2 Å². The fourth-order valence-corrected chi connectivity index (χ4v) is 1.11. The van der Waals surface area contributed by atoms with Crippen LogP contribution in [-0.4, -0.2) is 6.61 Å². The monoisotopic (exact) mass is 179 g/mol. The van der Waals surface area contributed by atoms with Gasteiger partial charge in [0.15, 0.2) is 5.75 Å². The summed E-state index contributed by atoms with van der Waals surface area (Å²) in [5.74, 6) is 0.691. The van der Waals surface area contributed by atoms with E-state index in [9.17, 15) is 5.11 Å². The highest BCUT2D eigenvalue weighted by Crippen LogP contribution is 2.18. The Morgan fingerprint density at radius 3 is 2.85 bits per heavy atom. The van der Waals surface area contributed by atoms with Gasteiger partial charge in [-0.1, -0.05) is 25.8 Å². The average molecular weight is 179 g/mol. The molecule has 0 N–H and O–H groups in total. The molecule has 0 atom stereocenters. The highest BCUT2D eigenvalue weighted by Gasteiger charge is 1.95. The second-order valence-electron chi connectivity index (χ2n) is 3.03. The Morgan fingerprint density at radius 1 is 1.31 bits per heavy atom. The van der Waals surface area contributed by atoms with Gasteiger partial charge in [-0.2, -0.15) is 0 Å². The summed E-state index contributed by atoms with van der Waals surface area (Å²) in [5, 5.41) is 10.9. The predicted molar refractivity (Wildman–Crippen MR) is 51.6 cm³/mol. The van der Waals surface area contributed by atoms with Gasteiger partial charge in [0.2, 0.25) is 0 Å². The largest absolute Gasteiger partial charge is 0.493 e. The van der Waals surface area contributed by atoms with Crippen molar-refractivity contribution in [1.29, 1.82) is 0 Å². The normalized spacial score (nSPS) is 9.92. The van der Waals surface area contributed by atoms with Crippen LogP contribution in [0.4, 0.5) is 0 Å². The van der Waals surface area contributed by atoms with E-state index in [1.54, 1.807) is 6.07 Å². The van der Waals surface area contributed by atoms with Gasteiger partial charge in [-0.15, -0.1) is 0 Å². The minimum atomic E-state index is 0.00740. The van der Waals surface area contributed by atoms with E-state index in [1.807, 2.05) is 6.07 Å². The predicted octanol–water partition coefficient (Wildman–Crippen LogP) is 3.40. The van der Waals surface area contributed by atoms with Crippen LogP contribution >= 0.6 is 0 Å². The van der Waals surface area contributed by atoms with Crippen molar-refractivity contribution in [3.8, 4) is 11.5 Å². The van der Waals surface area contributed by atoms with Gasteiger partial charge in [-0.05, 0) is 18.6 Å². The molecule has 0 aliphatic carbocycles. The van der Waals surface area contributed by atoms with E-state index >= 15 is 0 Å². The molecule has 0 amide bonds. The van der Waals surface area contributed by atoms with Gasteiger partial charge in [0.1, 0.15) is 5.75 Å². The zero-order chi connectivity index (χ0) is 9.52. The maximum absolute atomic E-state index is 10.9. The van der Waals surface area contributed by atoms with E-state index < -0.39 is 0 Å². The van der Waals surface area contributed by atoms with E-state index in [2.05, 4.69) is 6.92 Å². The molecule has 71 valence electrons. The molecule has 1 aromatic carbocycles. The molecule has 1 radical (unpaired) electrons. The van der Waals surface area contributed by atoms with Gasteiger partial charge < -0.3 is 4.74 Å². The Labute approximate surface area is 79.2 Å². The van der Waals surface area contributed by atoms with Crippen LogP contribution in [0.3, 0.4) is 0 Å². The first kappa shape index (κ1) is 9.90. The van der Waals surface area contributed by atoms with Gasteiger partial charge in [0.25, 0.3) is 0 Å². The smallest absolute Gasteiger partial charge is 0.182 e. The first-order valence-corrected chi connectivity index (χ1v) is 4.73. The number of hydrogen-bond acceptors (Lipinski definition) is 1. The minimum Gasteiger partial charge on any atom is -0.493 e. The van der Waals surface area contributed by atoms with Crippen molar-refractivity contribution in [1.82, 2.24) is 0 Å². The maximum Gasteiger partial charge on any atom is 0.182 e. The van der Waals surface area contributed by atoms with E-state index in [-0.39, 0.29) is 5.75 Å². The summed E-state index contributed by atoms with van der Waals surface area (Å²) in [6, 6.07) is 6.58. The van der Waals surface area contributed by atoms with Crippen LogP contribution in [0.25, 0.3) is 0 Å². The molecule has 1 rings (SSSR count). The van der Waals surface area contributed by atoms with Crippen molar-refractivity contribution < 1.29 is 9.84 Å². The van der Waals surface area contributed by atoms with Crippen LogP contribution in [0.5, 0.6) is 11.5 Å². The van der Waals surface area contributed by atoms with Crippen molar-refractivity contribution in [2.75, 3.05) is 6.61 Å². The van der Waals surface area contributed by atoms with Crippen LogP contribution < -0.4 is 4.74 Å². The number of ether oxygens (including phenoxy) is 1. The summed E-state index contributed by atoms with van der Waals surface area (Å²) in [4.78, 5) is 0. The quantitative estimate of drug-likeness (QED) is 0.637. The van der Waals surface area contributed by atoms with Gasteiger partial charge in [-0.25, -0.2) is 0 Å². The molecule has 0 heterocycles. The lowest BCUT2D eigenvalue weighted by molar-refractivity contribution is 0.300. The molecule has 0 saturated carbocycles. The number of benzene rings is 1. The van der Waals surface area contributed by atoms with Gasteiger partial charge in [-0.3, -0.25) is 5.11 Å². The van der Waals surface area contributed by atoms with Crippen molar-refractivity contribution in [3.05, 3.63) is 24.3 Å². The summed E-state index contributed by atoms with van der Waals surface area (Å²) in [6.07, 6.45) is 3.42. The molecule has 0 fully saturated rings. The molecule has 2 heteroatoms. The molecule has 0 saturated heterocycles. The number of hydrogen-bond donors (Lipinski definition) is 0. The molecule has 0 aliphatic heterocycles. The van der Waals surface area contributed by atoms with Crippen LogP contribution in [0.15, 0.2) is 24.3 Å². The second kappa shape index (κ2) is 5.46. The molecule has 0 bridgehead atoms. The van der Waals surface area contributed by atoms with Crippen LogP contribution in [0, 0.1) is 0 Å². The fraction of sp³-hybridized carbons (Fsp3) is 0.455. The van der Waals surface area contributed by atoms with E-state index in [0.717, 1.165) is 6.42 Å². The Balaban J connectivity index is 2.28. The summed E-state index contributed by atoms with van der Waals surface area (Å²) in [6.45, 7) is 2.86. The first-order chi connectivity index (χ1) is 6.33. The standard InChI is InChI=1S/C11H15O2/c1-2-3-4-8-13-11-7-5-6-10(12)9-11/h5-7,9H,2-4,8H2,1H3. The average Bonchev–Trinajstić information content (AvgIpc) is 2.13. The Bertz CT molecular complexity index is 246. The minimum absolute atomic E-state index is 0.00740.